The lowest BCUT2D eigenvalue weighted by atomic mass is 9.94. The monoisotopic (exact) mass is 303 g/mol. The number of Topliss-reactive ketones (excluding diaryl/α,β-unsaturated/α-hetero) is 1. The lowest BCUT2D eigenvalue weighted by molar-refractivity contribution is -0.123. The Hall–Kier alpha value is -1.68. The number of carbonyl (C=O) groups is 2. The normalized spacial score (nSPS) is 20.7. The first-order chi connectivity index (χ1) is 10.5. The maximum atomic E-state index is 12.1. The fourth-order valence-electron chi connectivity index (χ4n) is 2.90. The molecule has 1 aromatic rings. The predicted octanol–water partition coefficient (Wildman–Crippen LogP) is 2.20. The van der Waals surface area contributed by atoms with Crippen LogP contribution >= 0.6 is 0 Å². The Morgan fingerprint density at radius 1 is 1.32 bits per heavy atom. The summed E-state index contributed by atoms with van der Waals surface area (Å²) in [5, 5.41) is 11.8. The number of ketones is 1. The molecule has 22 heavy (non-hydrogen) atoms. The van der Waals surface area contributed by atoms with Crippen molar-refractivity contribution in [2.45, 2.75) is 51.5 Å². The minimum Gasteiger partial charge on any atom is -0.394 e. The van der Waals surface area contributed by atoms with Gasteiger partial charge in [-0.25, -0.2) is 0 Å². The minimum atomic E-state index is -0.254. The maximum Gasteiger partial charge on any atom is 0.227 e. The van der Waals surface area contributed by atoms with E-state index >= 15 is 0 Å². The van der Waals surface area contributed by atoms with E-state index in [-0.39, 0.29) is 30.4 Å². The predicted molar refractivity (Wildman–Crippen MR) is 85.6 cm³/mol. The van der Waals surface area contributed by atoms with Crippen LogP contribution in [0, 0.1) is 5.92 Å². The van der Waals surface area contributed by atoms with Crippen molar-refractivity contribution in [3.05, 3.63) is 35.4 Å². The maximum absolute atomic E-state index is 12.1. The molecule has 4 nitrogen and oxygen atoms in total. The summed E-state index contributed by atoms with van der Waals surface area (Å²) < 4.78 is 0. The third-order valence-electron chi connectivity index (χ3n) is 4.45. The molecule has 0 aromatic heterocycles. The molecule has 1 saturated carbocycles. The summed E-state index contributed by atoms with van der Waals surface area (Å²) in [6.07, 6.45) is 3.55. The van der Waals surface area contributed by atoms with E-state index in [0.29, 0.717) is 5.78 Å². The van der Waals surface area contributed by atoms with Crippen LogP contribution in [-0.2, 0) is 16.0 Å². The first kappa shape index (κ1) is 16.7. The summed E-state index contributed by atoms with van der Waals surface area (Å²) in [4.78, 5) is 23.8. The van der Waals surface area contributed by atoms with Gasteiger partial charge in [0.25, 0.3) is 0 Å². The van der Waals surface area contributed by atoms with Crippen molar-refractivity contribution in [3.63, 3.8) is 0 Å². The van der Waals surface area contributed by atoms with E-state index in [1.165, 1.54) is 0 Å². The van der Waals surface area contributed by atoms with Crippen molar-refractivity contribution in [1.29, 1.82) is 0 Å². The van der Waals surface area contributed by atoms with Crippen LogP contribution in [-0.4, -0.2) is 29.4 Å². The number of aliphatic hydroxyl groups is 1. The number of nitrogens with one attached hydrogen (secondary N) is 1. The zero-order valence-electron chi connectivity index (χ0n) is 13.3. The summed E-state index contributed by atoms with van der Waals surface area (Å²) >= 11 is 0. The molecule has 0 spiro atoms. The van der Waals surface area contributed by atoms with Crippen LogP contribution in [0.25, 0.3) is 0 Å². The smallest absolute Gasteiger partial charge is 0.227 e. The number of amides is 1. The second-order valence-corrected chi connectivity index (χ2v) is 6.32. The summed E-state index contributed by atoms with van der Waals surface area (Å²) in [5.74, 6) is 0.225. The Bertz CT molecular complexity index is 524. The van der Waals surface area contributed by atoms with Crippen molar-refractivity contribution in [3.8, 4) is 0 Å². The highest BCUT2D eigenvalue weighted by Gasteiger charge is 2.24. The van der Waals surface area contributed by atoms with E-state index in [9.17, 15) is 9.59 Å². The molecular weight excluding hydrogens is 278 g/mol. The second-order valence-electron chi connectivity index (χ2n) is 6.32. The molecule has 4 heteroatoms. The Labute approximate surface area is 131 Å². The van der Waals surface area contributed by atoms with Gasteiger partial charge in [0, 0.05) is 18.4 Å². The quantitative estimate of drug-likeness (QED) is 0.846. The van der Waals surface area contributed by atoms with E-state index in [1.807, 2.05) is 31.2 Å². The average molecular weight is 303 g/mol. The van der Waals surface area contributed by atoms with E-state index in [0.717, 1.165) is 36.8 Å². The van der Waals surface area contributed by atoms with Gasteiger partial charge in [-0.1, -0.05) is 24.3 Å². The summed E-state index contributed by atoms with van der Waals surface area (Å²) in [6, 6.07) is 7.72. The van der Waals surface area contributed by atoms with Crippen LogP contribution in [0.4, 0.5) is 0 Å². The lowest BCUT2D eigenvalue weighted by Gasteiger charge is -2.16. The van der Waals surface area contributed by atoms with Gasteiger partial charge in [-0.3, -0.25) is 9.59 Å². The molecule has 2 rings (SSSR count). The largest absolute Gasteiger partial charge is 0.394 e. The highest BCUT2D eigenvalue weighted by Crippen LogP contribution is 2.25. The molecule has 0 radical (unpaired) electrons. The van der Waals surface area contributed by atoms with Crippen molar-refractivity contribution < 1.29 is 14.7 Å². The molecule has 0 saturated heterocycles. The summed E-state index contributed by atoms with van der Waals surface area (Å²) in [7, 11) is 0. The number of benzene rings is 1. The van der Waals surface area contributed by atoms with Crippen LogP contribution in [0.1, 0.15) is 50.2 Å². The number of aliphatic hydroxyl groups excluding tert-OH is 1. The molecule has 1 amide bonds. The van der Waals surface area contributed by atoms with Crippen molar-refractivity contribution in [2.24, 2.45) is 5.92 Å². The molecule has 1 aliphatic rings. The van der Waals surface area contributed by atoms with Crippen LogP contribution < -0.4 is 5.32 Å². The fraction of sp³-hybridized carbons (Fsp3) is 0.556. The standard InChI is InChI=1S/C18H25NO3/c1-12(11-20)19-18(22)13(2)15-8-6-14(7-9-15)10-16-4-3-5-17(16)21/h6-9,12-13,16,20H,3-5,10-11H2,1-2H3,(H,19,22). The fourth-order valence-corrected chi connectivity index (χ4v) is 2.90. The van der Waals surface area contributed by atoms with Crippen LogP contribution in [0.3, 0.4) is 0 Å². The molecule has 0 aliphatic heterocycles. The topological polar surface area (TPSA) is 66.4 Å². The third-order valence-corrected chi connectivity index (χ3v) is 4.45. The number of hydrogen-bond acceptors (Lipinski definition) is 3. The molecule has 2 N–H and O–H groups in total. The lowest BCUT2D eigenvalue weighted by Crippen LogP contribution is -2.37. The number of hydrogen-bond donors (Lipinski definition) is 2. The van der Waals surface area contributed by atoms with Crippen molar-refractivity contribution in [1.82, 2.24) is 5.32 Å². The van der Waals surface area contributed by atoms with E-state index in [2.05, 4.69) is 5.32 Å². The molecule has 1 aliphatic carbocycles. The molecule has 0 heterocycles. The third kappa shape index (κ3) is 4.17. The van der Waals surface area contributed by atoms with Gasteiger partial charge >= 0.3 is 0 Å². The molecule has 3 unspecified atom stereocenters. The minimum absolute atomic E-state index is 0.0627. The zero-order chi connectivity index (χ0) is 16.1. The summed E-state index contributed by atoms with van der Waals surface area (Å²) in [5.41, 5.74) is 2.10. The van der Waals surface area contributed by atoms with Gasteiger partial charge in [0.2, 0.25) is 5.91 Å². The second kappa shape index (κ2) is 7.54. The molecular formula is C18H25NO3. The molecule has 0 bridgehead atoms. The Morgan fingerprint density at radius 2 is 2.00 bits per heavy atom. The SMILES string of the molecule is CC(CO)NC(=O)C(C)c1ccc(CC2CCCC2=O)cc1. The van der Waals surface area contributed by atoms with Crippen molar-refractivity contribution in [2.75, 3.05) is 6.61 Å². The van der Waals surface area contributed by atoms with Gasteiger partial charge in [-0.05, 0) is 44.2 Å². The molecule has 3 atom stereocenters. The molecule has 1 aromatic carbocycles. The highest BCUT2D eigenvalue weighted by molar-refractivity contribution is 5.84. The Kier molecular flexibility index (Phi) is 5.72. The van der Waals surface area contributed by atoms with Gasteiger partial charge in [-0.15, -0.1) is 0 Å². The van der Waals surface area contributed by atoms with Crippen LogP contribution in [0.5, 0.6) is 0 Å². The van der Waals surface area contributed by atoms with Gasteiger partial charge in [0.15, 0.2) is 0 Å². The summed E-state index contributed by atoms with van der Waals surface area (Å²) in [6.45, 7) is 3.56. The van der Waals surface area contributed by atoms with Gasteiger partial charge in [0.05, 0.1) is 12.5 Å². The number of carbonyl (C=O) groups excluding carboxylic acids is 2. The Morgan fingerprint density at radius 3 is 2.55 bits per heavy atom. The van der Waals surface area contributed by atoms with Gasteiger partial charge in [-0.2, -0.15) is 0 Å². The average Bonchev–Trinajstić information content (AvgIpc) is 2.92. The van der Waals surface area contributed by atoms with Crippen LogP contribution in [0.15, 0.2) is 24.3 Å². The first-order valence-electron chi connectivity index (χ1n) is 8.04. The molecule has 1 fully saturated rings. The first-order valence-corrected chi connectivity index (χ1v) is 8.04. The van der Waals surface area contributed by atoms with Gasteiger partial charge < -0.3 is 10.4 Å². The highest BCUT2D eigenvalue weighted by atomic mass is 16.3. The van der Waals surface area contributed by atoms with Crippen molar-refractivity contribution >= 4 is 11.7 Å². The molecule has 120 valence electrons. The van der Waals surface area contributed by atoms with E-state index in [1.54, 1.807) is 6.92 Å². The van der Waals surface area contributed by atoms with Crippen LogP contribution in [0.2, 0.25) is 0 Å². The van der Waals surface area contributed by atoms with Gasteiger partial charge in [0.1, 0.15) is 5.78 Å². The Balaban J connectivity index is 1.96. The zero-order valence-corrected chi connectivity index (χ0v) is 13.3. The van der Waals surface area contributed by atoms with E-state index < -0.39 is 0 Å². The number of rotatable bonds is 6. The van der Waals surface area contributed by atoms with E-state index in [4.69, 9.17) is 5.11 Å².